The topological polar surface area (TPSA) is 25.8 Å². The molecule has 0 radical (unpaired) electrons. The van der Waals surface area contributed by atoms with Crippen molar-refractivity contribution in [2.75, 3.05) is 0 Å². The molecule has 1 fully saturated rings. The number of hydrogen-bond donors (Lipinski definition) is 0. The molecule has 2 nitrogen and oxygen atoms in total. The summed E-state index contributed by atoms with van der Waals surface area (Å²) in [6.45, 7) is 0. The maximum Gasteiger partial charge on any atom is 0.234 e. The van der Waals surface area contributed by atoms with Crippen molar-refractivity contribution < 1.29 is 0 Å². The van der Waals surface area contributed by atoms with Crippen molar-refractivity contribution >= 4 is 23.1 Å². The van der Waals surface area contributed by atoms with E-state index in [4.69, 9.17) is 11.6 Å². The summed E-state index contributed by atoms with van der Waals surface area (Å²) in [4.78, 5) is 4.28. The Morgan fingerprint density at radius 2 is 1.71 bits per heavy atom. The largest absolute Gasteiger partial charge is 0.234 e. The van der Waals surface area contributed by atoms with Crippen LogP contribution in [0.15, 0.2) is 0 Å². The molecule has 0 aromatic carbocycles. The van der Waals surface area contributed by atoms with Crippen LogP contribution >= 0.6 is 23.1 Å². The fourth-order valence-electron chi connectivity index (χ4n) is 2.09. The van der Waals surface area contributed by atoms with Crippen LogP contribution in [0.2, 0.25) is 5.28 Å². The van der Waals surface area contributed by atoms with Gasteiger partial charge in [0.2, 0.25) is 5.28 Å². The molecule has 0 spiro atoms. The molecular formula is C10H15ClN2S. The Morgan fingerprint density at radius 3 is 2.29 bits per heavy atom. The zero-order chi connectivity index (χ0) is 9.80. The van der Waals surface area contributed by atoms with Crippen molar-refractivity contribution in [1.82, 2.24) is 9.36 Å². The Bertz CT molecular complexity index is 279. The summed E-state index contributed by atoms with van der Waals surface area (Å²) >= 11 is 7.22. The van der Waals surface area contributed by atoms with Gasteiger partial charge < -0.3 is 0 Å². The Balaban J connectivity index is 2.00. The van der Waals surface area contributed by atoms with E-state index in [0.717, 1.165) is 5.01 Å². The molecule has 0 bridgehead atoms. The molecule has 1 saturated carbocycles. The van der Waals surface area contributed by atoms with Crippen LogP contribution < -0.4 is 0 Å². The van der Waals surface area contributed by atoms with Crippen LogP contribution in [-0.4, -0.2) is 9.36 Å². The predicted molar refractivity (Wildman–Crippen MR) is 60.0 cm³/mol. The normalized spacial score (nSPS) is 20.4. The predicted octanol–water partition coefficient (Wildman–Crippen LogP) is 4.02. The number of nitrogens with zero attached hydrogens (tertiary/aromatic N) is 2. The SMILES string of the molecule is Clc1nsc(C2CCCCCCC2)n1. The molecule has 0 saturated heterocycles. The van der Waals surface area contributed by atoms with Gasteiger partial charge >= 0.3 is 0 Å². The average molecular weight is 231 g/mol. The third-order valence-electron chi connectivity index (χ3n) is 2.87. The summed E-state index contributed by atoms with van der Waals surface area (Å²) in [5.41, 5.74) is 0. The lowest BCUT2D eigenvalue weighted by atomic mass is 9.92. The molecule has 1 aliphatic carbocycles. The summed E-state index contributed by atoms with van der Waals surface area (Å²) < 4.78 is 4.04. The minimum atomic E-state index is 0.423. The molecule has 1 aliphatic rings. The highest BCUT2D eigenvalue weighted by atomic mass is 35.5. The van der Waals surface area contributed by atoms with E-state index in [1.54, 1.807) is 0 Å². The molecule has 14 heavy (non-hydrogen) atoms. The van der Waals surface area contributed by atoms with E-state index in [-0.39, 0.29) is 0 Å². The second kappa shape index (κ2) is 5.08. The fraction of sp³-hybridized carbons (Fsp3) is 0.800. The molecule has 0 aliphatic heterocycles. The standard InChI is InChI=1S/C10H15ClN2S/c11-10-12-9(14-13-10)8-6-4-2-1-3-5-7-8/h8H,1-7H2. The summed E-state index contributed by atoms with van der Waals surface area (Å²) in [6.07, 6.45) is 9.37. The first-order valence-electron chi connectivity index (χ1n) is 5.35. The van der Waals surface area contributed by atoms with E-state index in [9.17, 15) is 0 Å². The zero-order valence-electron chi connectivity index (χ0n) is 8.21. The van der Waals surface area contributed by atoms with Gasteiger partial charge in [-0.15, -0.1) is 0 Å². The molecule has 1 aromatic heterocycles. The minimum absolute atomic E-state index is 0.423. The van der Waals surface area contributed by atoms with Crippen molar-refractivity contribution in [3.63, 3.8) is 0 Å². The van der Waals surface area contributed by atoms with Crippen LogP contribution in [-0.2, 0) is 0 Å². The molecule has 78 valence electrons. The molecule has 1 aromatic rings. The van der Waals surface area contributed by atoms with Gasteiger partial charge in [-0.1, -0.05) is 32.1 Å². The maximum absolute atomic E-state index is 5.74. The van der Waals surface area contributed by atoms with E-state index >= 15 is 0 Å². The maximum atomic E-state index is 5.74. The highest BCUT2D eigenvalue weighted by molar-refractivity contribution is 7.05. The number of aromatic nitrogens is 2. The summed E-state index contributed by atoms with van der Waals surface area (Å²) in [6, 6.07) is 0. The van der Waals surface area contributed by atoms with Crippen molar-refractivity contribution in [2.24, 2.45) is 0 Å². The summed E-state index contributed by atoms with van der Waals surface area (Å²) in [5, 5.41) is 1.57. The lowest BCUT2D eigenvalue weighted by molar-refractivity contribution is 0.454. The summed E-state index contributed by atoms with van der Waals surface area (Å²) in [5.74, 6) is 0.625. The van der Waals surface area contributed by atoms with Gasteiger partial charge in [-0.05, 0) is 36.0 Å². The lowest BCUT2D eigenvalue weighted by Crippen LogP contribution is -2.01. The van der Waals surface area contributed by atoms with E-state index in [1.807, 2.05) is 0 Å². The van der Waals surface area contributed by atoms with Gasteiger partial charge in [0.05, 0.1) is 0 Å². The third-order valence-corrected chi connectivity index (χ3v) is 4.02. The van der Waals surface area contributed by atoms with E-state index < -0.39 is 0 Å². The van der Waals surface area contributed by atoms with Gasteiger partial charge in [-0.2, -0.15) is 4.37 Å². The smallest absolute Gasteiger partial charge is 0.209 e. The van der Waals surface area contributed by atoms with Gasteiger partial charge in [-0.3, -0.25) is 0 Å². The van der Waals surface area contributed by atoms with Crippen molar-refractivity contribution in [3.05, 3.63) is 10.3 Å². The van der Waals surface area contributed by atoms with Gasteiger partial charge in [-0.25, -0.2) is 4.98 Å². The van der Waals surface area contributed by atoms with E-state index in [1.165, 1.54) is 56.5 Å². The zero-order valence-corrected chi connectivity index (χ0v) is 9.78. The average Bonchev–Trinajstić information content (AvgIpc) is 2.51. The van der Waals surface area contributed by atoms with Crippen LogP contribution in [0.3, 0.4) is 0 Å². The number of rotatable bonds is 1. The van der Waals surface area contributed by atoms with Gasteiger partial charge in [0.15, 0.2) is 0 Å². The second-order valence-corrected chi connectivity index (χ2v) is 5.07. The third kappa shape index (κ3) is 2.67. The van der Waals surface area contributed by atoms with E-state index in [2.05, 4.69) is 9.36 Å². The Morgan fingerprint density at radius 1 is 1.07 bits per heavy atom. The highest BCUT2D eigenvalue weighted by Gasteiger charge is 2.17. The van der Waals surface area contributed by atoms with Gasteiger partial charge in [0.25, 0.3) is 0 Å². The van der Waals surface area contributed by atoms with Crippen molar-refractivity contribution in [3.8, 4) is 0 Å². The van der Waals surface area contributed by atoms with Gasteiger partial charge in [0, 0.05) is 5.92 Å². The van der Waals surface area contributed by atoms with Crippen molar-refractivity contribution in [2.45, 2.75) is 50.9 Å². The first-order chi connectivity index (χ1) is 6.86. The quantitative estimate of drug-likeness (QED) is 0.728. The molecule has 4 heteroatoms. The van der Waals surface area contributed by atoms with Crippen LogP contribution in [0.25, 0.3) is 0 Å². The first kappa shape index (κ1) is 10.4. The monoisotopic (exact) mass is 230 g/mol. The molecule has 0 unspecified atom stereocenters. The Kier molecular flexibility index (Phi) is 3.76. The molecular weight excluding hydrogens is 216 g/mol. The molecule has 0 amide bonds. The minimum Gasteiger partial charge on any atom is -0.209 e. The second-order valence-electron chi connectivity index (χ2n) is 3.94. The van der Waals surface area contributed by atoms with Crippen LogP contribution in [0.5, 0.6) is 0 Å². The molecule has 1 heterocycles. The van der Waals surface area contributed by atoms with Gasteiger partial charge in [0.1, 0.15) is 5.01 Å². The Hall–Kier alpha value is -0.150. The number of halogens is 1. The van der Waals surface area contributed by atoms with Crippen LogP contribution in [0.4, 0.5) is 0 Å². The fourth-order valence-corrected chi connectivity index (χ4v) is 3.05. The van der Waals surface area contributed by atoms with Crippen LogP contribution in [0.1, 0.15) is 55.9 Å². The summed E-state index contributed by atoms with van der Waals surface area (Å²) in [7, 11) is 0. The number of hydrogen-bond acceptors (Lipinski definition) is 3. The Labute approximate surface area is 93.9 Å². The lowest BCUT2D eigenvalue weighted by Gasteiger charge is -2.16. The van der Waals surface area contributed by atoms with Crippen molar-refractivity contribution in [1.29, 1.82) is 0 Å². The van der Waals surface area contributed by atoms with E-state index in [0.29, 0.717) is 11.2 Å². The molecule has 2 rings (SSSR count). The molecule has 0 atom stereocenters. The molecule has 0 N–H and O–H groups in total. The highest BCUT2D eigenvalue weighted by Crippen LogP contribution is 2.32. The first-order valence-corrected chi connectivity index (χ1v) is 6.50. The van der Waals surface area contributed by atoms with Crippen LogP contribution in [0, 0.1) is 0 Å².